The maximum Gasteiger partial charge on any atom is 0.402 e. The Kier molecular flexibility index (Phi) is 17.9. The van der Waals surface area contributed by atoms with Gasteiger partial charge in [-0.3, -0.25) is 4.79 Å². The summed E-state index contributed by atoms with van der Waals surface area (Å²) in [7, 11) is -4.21. The minimum Gasteiger partial charge on any atom is -0.423 e. The molecule has 0 saturated heterocycles. The van der Waals surface area contributed by atoms with E-state index < -0.39 is 32.7 Å². The first-order valence-electron chi connectivity index (χ1n) is 17.5. The van der Waals surface area contributed by atoms with Crippen molar-refractivity contribution in [2.45, 2.75) is 122 Å². The number of aliphatic hydroxyl groups is 1. The summed E-state index contributed by atoms with van der Waals surface area (Å²) in [5, 5.41) is 12.7. The molecule has 7 N–H and O–H groups in total. The van der Waals surface area contributed by atoms with Crippen molar-refractivity contribution in [2.24, 2.45) is 5.73 Å². The molecule has 1 amide bonds. The van der Waals surface area contributed by atoms with E-state index >= 15 is 0 Å². The van der Waals surface area contributed by atoms with Gasteiger partial charge in [0.1, 0.15) is 17.6 Å². The molecule has 3 atom stereocenters. The topological polar surface area (TPSA) is 201 Å². The van der Waals surface area contributed by atoms with Gasteiger partial charge in [0, 0.05) is 6.54 Å². The van der Waals surface area contributed by atoms with Gasteiger partial charge in [-0.2, -0.15) is 0 Å². The van der Waals surface area contributed by atoms with Crippen LogP contribution in [0.15, 0.2) is 36.9 Å². The molecule has 0 bridgehead atoms. The number of nitrogens with two attached hydrogens (primary N) is 2. The third-order valence-electron chi connectivity index (χ3n) is 8.30. The Morgan fingerprint density at radius 3 is 2.15 bits per heavy atom. The number of fused-ring (bicyclic) bond motifs is 1. The van der Waals surface area contributed by atoms with Crippen LogP contribution in [0.5, 0.6) is 5.75 Å². The van der Waals surface area contributed by atoms with Gasteiger partial charge in [0.05, 0.1) is 31.6 Å². The van der Waals surface area contributed by atoms with E-state index in [2.05, 4.69) is 27.2 Å². The van der Waals surface area contributed by atoms with Crippen molar-refractivity contribution in [3.05, 3.63) is 42.5 Å². The van der Waals surface area contributed by atoms with Gasteiger partial charge in [0.25, 0.3) is 0 Å². The lowest BCUT2D eigenvalue weighted by Crippen LogP contribution is -2.42. The molecule has 3 aromatic rings. The van der Waals surface area contributed by atoms with Crippen molar-refractivity contribution in [1.82, 2.24) is 24.8 Å². The first-order chi connectivity index (χ1) is 23.2. The Hall–Kier alpha value is -3.09. The van der Waals surface area contributed by atoms with Crippen LogP contribution in [0.2, 0.25) is 0 Å². The third kappa shape index (κ3) is 14.6. The second-order valence-electron chi connectivity index (χ2n) is 12.5. The number of nitrogens with zero attached hydrogens (tertiary/aromatic N) is 4. The van der Waals surface area contributed by atoms with Crippen LogP contribution in [0.3, 0.4) is 0 Å². The number of nitrogen functional groups attached to an aromatic ring is 1. The number of aromatic nitrogens is 4. The molecule has 2 heterocycles. The molecular weight excluding hydrogens is 633 g/mol. The maximum atomic E-state index is 12.7. The van der Waals surface area contributed by atoms with Crippen LogP contribution in [-0.2, 0) is 27.1 Å². The molecule has 1 unspecified atom stereocenters. The van der Waals surface area contributed by atoms with Crippen molar-refractivity contribution < 1.29 is 28.6 Å². The van der Waals surface area contributed by atoms with Crippen LogP contribution in [0.4, 0.5) is 5.82 Å². The highest BCUT2D eigenvalue weighted by Crippen LogP contribution is 2.43. The molecule has 0 saturated carbocycles. The zero-order valence-corrected chi connectivity index (χ0v) is 29.4. The van der Waals surface area contributed by atoms with Crippen molar-refractivity contribution >= 4 is 30.5 Å². The van der Waals surface area contributed by atoms with Gasteiger partial charge in [-0.05, 0) is 30.5 Å². The summed E-state index contributed by atoms with van der Waals surface area (Å²) in [6, 6.07) is 5.79. The van der Waals surface area contributed by atoms with E-state index in [1.54, 1.807) is 28.8 Å². The summed E-state index contributed by atoms with van der Waals surface area (Å²) in [5.41, 5.74) is 13.6. The van der Waals surface area contributed by atoms with E-state index in [-0.39, 0.29) is 24.0 Å². The summed E-state index contributed by atoms with van der Waals surface area (Å²) >= 11 is 0. The van der Waals surface area contributed by atoms with Crippen LogP contribution in [0, 0.1) is 0 Å². The standard InChI is InChI=1S/C34H56N7O6P/c1-2-3-4-5-6-7-8-9-10-11-12-13-14-15-20-37-34(43)30(35)21-27-16-18-28(19-17-27)47-48(44,45)26-46-29(23-42)22-41-25-40-31-32(36)38-24-39-33(31)41/h16-19,24-25,29-30,42H,2-15,20-23,26,35H2,1H3,(H,37,43)(H,44,45)(H2,36,38,39)/t29-,30-/m0/s1. The zero-order valence-electron chi connectivity index (χ0n) is 28.5. The second kappa shape index (κ2) is 21.8. The summed E-state index contributed by atoms with van der Waals surface area (Å²) in [5.74, 6) is 0.192. The highest BCUT2D eigenvalue weighted by Gasteiger charge is 2.25. The normalized spacial score (nSPS) is 14.1. The number of anilines is 1. The number of ether oxygens (including phenoxy) is 1. The van der Waals surface area contributed by atoms with Crippen molar-refractivity contribution in [3.8, 4) is 5.75 Å². The lowest BCUT2D eigenvalue weighted by molar-refractivity contribution is -0.122. The number of unbranched alkanes of at least 4 members (excludes halogenated alkanes) is 13. The van der Waals surface area contributed by atoms with Gasteiger partial charge in [0.15, 0.2) is 17.8 Å². The Labute approximate surface area is 284 Å². The minimum atomic E-state index is -4.21. The van der Waals surface area contributed by atoms with Gasteiger partial charge in [-0.1, -0.05) is 103 Å². The number of benzene rings is 1. The molecule has 2 aromatic heterocycles. The SMILES string of the molecule is CCCCCCCCCCCCCCCCNC(=O)[C@@H](N)Cc1ccc(OP(=O)(O)CO[C@H](CO)Cn2cnc3c(N)ncnc32)cc1. The molecular formula is C34H56N7O6P. The molecule has 0 aliphatic carbocycles. The van der Waals surface area contributed by atoms with Crippen LogP contribution in [0.1, 0.15) is 102 Å². The molecule has 0 aliphatic heterocycles. The van der Waals surface area contributed by atoms with Gasteiger partial charge < -0.3 is 40.6 Å². The smallest absolute Gasteiger partial charge is 0.402 e. The third-order valence-corrected chi connectivity index (χ3v) is 9.27. The molecule has 1 aromatic carbocycles. The van der Waals surface area contributed by atoms with Crippen LogP contribution in [0.25, 0.3) is 11.2 Å². The molecule has 0 aliphatic rings. The lowest BCUT2D eigenvalue weighted by Gasteiger charge is -2.19. The number of hydrogen-bond donors (Lipinski definition) is 5. The van der Waals surface area contributed by atoms with Crippen molar-refractivity contribution in [3.63, 3.8) is 0 Å². The number of imidazole rings is 1. The van der Waals surface area contributed by atoms with E-state index in [9.17, 15) is 19.4 Å². The fourth-order valence-corrected chi connectivity index (χ4v) is 6.40. The largest absolute Gasteiger partial charge is 0.423 e. The Morgan fingerprint density at radius 1 is 0.938 bits per heavy atom. The van der Waals surface area contributed by atoms with E-state index in [4.69, 9.17) is 20.7 Å². The monoisotopic (exact) mass is 689 g/mol. The fraction of sp³-hybridized carbons (Fsp3) is 0.647. The van der Waals surface area contributed by atoms with Gasteiger partial charge in [0.2, 0.25) is 5.91 Å². The fourth-order valence-electron chi connectivity index (χ4n) is 5.50. The van der Waals surface area contributed by atoms with E-state index in [1.165, 1.54) is 89.7 Å². The molecule has 48 heavy (non-hydrogen) atoms. The summed E-state index contributed by atoms with van der Waals surface area (Å²) in [4.78, 5) is 35.0. The number of rotatable bonds is 26. The van der Waals surface area contributed by atoms with E-state index in [0.29, 0.717) is 24.1 Å². The quantitative estimate of drug-likeness (QED) is 0.0528. The summed E-state index contributed by atoms with van der Waals surface area (Å²) in [6.45, 7) is 2.57. The molecule has 0 radical (unpaired) electrons. The number of carbonyl (C=O) groups excluding carboxylic acids is 1. The van der Waals surface area contributed by atoms with E-state index in [1.807, 2.05) is 0 Å². The first-order valence-corrected chi connectivity index (χ1v) is 19.3. The molecule has 3 rings (SSSR count). The highest BCUT2D eigenvalue weighted by atomic mass is 31.2. The number of carbonyl (C=O) groups is 1. The van der Waals surface area contributed by atoms with Gasteiger partial charge in [-0.25, -0.2) is 19.5 Å². The number of amides is 1. The first kappa shape index (κ1) is 39.3. The van der Waals surface area contributed by atoms with Crippen molar-refractivity contribution in [1.29, 1.82) is 0 Å². The average Bonchev–Trinajstić information content (AvgIpc) is 3.49. The van der Waals surface area contributed by atoms with E-state index in [0.717, 1.165) is 18.4 Å². The van der Waals surface area contributed by atoms with Crippen molar-refractivity contribution in [2.75, 3.05) is 25.2 Å². The Balaban J connectivity index is 1.26. The molecule has 14 heteroatoms. The molecule has 0 fully saturated rings. The molecule has 268 valence electrons. The number of aliphatic hydroxyl groups excluding tert-OH is 1. The predicted octanol–water partition coefficient (Wildman–Crippen LogP) is 5.48. The summed E-state index contributed by atoms with van der Waals surface area (Å²) < 4.78 is 25.1. The summed E-state index contributed by atoms with van der Waals surface area (Å²) in [6.07, 6.45) is 19.7. The Morgan fingerprint density at radius 2 is 1.54 bits per heavy atom. The van der Waals surface area contributed by atoms with Gasteiger partial charge in [-0.15, -0.1) is 0 Å². The lowest BCUT2D eigenvalue weighted by atomic mass is 10.0. The highest BCUT2D eigenvalue weighted by molar-refractivity contribution is 7.53. The number of hydrogen-bond acceptors (Lipinski definition) is 10. The Bertz CT molecular complexity index is 1390. The molecule has 13 nitrogen and oxygen atoms in total. The zero-order chi connectivity index (χ0) is 34.6. The van der Waals surface area contributed by atoms with Crippen LogP contribution >= 0.6 is 7.60 Å². The van der Waals surface area contributed by atoms with Crippen LogP contribution in [-0.4, -0.2) is 67.1 Å². The average molecular weight is 690 g/mol. The van der Waals surface area contributed by atoms with Gasteiger partial charge >= 0.3 is 7.60 Å². The minimum absolute atomic E-state index is 0.116. The second-order valence-corrected chi connectivity index (χ2v) is 14.2. The predicted molar refractivity (Wildman–Crippen MR) is 188 cm³/mol. The molecule has 0 spiro atoms. The number of nitrogens with one attached hydrogen (secondary N) is 1. The maximum absolute atomic E-state index is 12.7. The van der Waals surface area contributed by atoms with Crippen LogP contribution < -0.4 is 21.3 Å².